The van der Waals surface area contributed by atoms with Crippen LogP contribution < -0.4 is 5.32 Å². The molecule has 3 nitrogen and oxygen atoms in total. The average molecular weight is 255 g/mol. The highest BCUT2D eigenvalue weighted by Gasteiger charge is 2.07. The Morgan fingerprint density at radius 3 is 2.21 bits per heavy atom. The van der Waals surface area contributed by atoms with Crippen LogP contribution in [0.15, 0.2) is 54.6 Å². The first-order valence-electron chi connectivity index (χ1n) is 6.29. The number of carboxylic acids is 1. The third-order valence-electron chi connectivity index (χ3n) is 2.89. The first-order chi connectivity index (χ1) is 9.15. The van der Waals surface area contributed by atoms with Crippen molar-refractivity contribution >= 4 is 11.7 Å². The van der Waals surface area contributed by atoms with Crippen molar-refractivity contribution in [3.63, 3.8) is 0 Å². The Morgan fingerprint density at radius 1 is 1.05 bits per heavy atom. The molecule has 0 heterocycles. The van der Waals surface area contributed by atoms with E-state index in [0.717, 1.165) is 11.3 Å². The van der Waals surface area contributed by atoms with Crippen LogP contribution in [0.1, 0.15) is 13.3 Å². The van der Waals surface area contributed by atoms with Gasteiger partial charge in [-0.05, 0) is 30.2 Å². The Kier molecular flexibility index (Phi) is 4.18. The van der Waals surface area contributed by atoms with Crippen LogP contribution >= 0.6 is 0 Å². The van der Waals surface area contributed by atoms with E-state index in [2.05, 4.69) is 17.4 Å². The van der Waals surface area contributed by atoms with E-state index in [1.807, 2.05) is 49.4 Å². The highest BCUT2D eigenvalue weighted by molar-refractivity contribution is 5.69. The summed E-state index contributed by atoms with van der Waals surface area (Å²) >= 11 is 0. The number of anilines is 1. The Morgan fingerprint density at radius 2 is 1.63 bits per heavy atom. The number of hydrogen-bond donors (Lipinski definition) is 2. The third-order valence-corrected chi connectivity index (χ3v) is 2.89. The largest absolute Gasteiger partial charge is 0.481 e. The average Bonchev–Trinajstić information content (AvgIpc) is 2.39. The zero-order valence-corrected chi connectivity index (χ0v) is 10.8. The molecular formula is C16H17NO2. The van der Waals surface area contributed by atoms with E-state index in [0.29, 0.717) is 0 Å². The van der Waals surface area contributed by atoms with Gasteiger partial charge < -0.3 is 10.4 Å². The van der Waals surface area contributed by atoms with Gasteiger partial charge >= 0.3 is 5.97 Å². The van der Waals surface area contributed by atoms with E-state index >= 15 is 0 Å². The van der Waals surface area contributed by atoms with Crippen molar-refractivity contribution in [3.05, 3.63) is 54.6 Å². The molecule has 3 heteroatoms. The number of rotatable bonds is 5. The van der Waals surface area contributed by atoms with Gasteiger partial charge in [-0.3, -0.25) is 4.79 Å². The lowest BCUT2D eigenvalue weighted by molar-refractivity contribution is -0.137. The minimum atomic E-state index is -0.791. The quantitative estimate of drug-likeness (QED) is 0.857. The zero-order chi connectivity index (χ0) is 13.7. The van der Waals surface area contributed by atoms with Crippen LogP contribution in [0.5, 0.6) is 0 Å². The molecule has 0 spiro atoms. The van der Waals surface area contributed by atoms with Gasteiger partial charge in [0.2, 0.25) is 0 Å². The van der Waals surface area contributed by atoms with Crippen molar-refractivity contribution in [3.8, 4) is 11.1 Å². The van der Waals surface area contributed by atoms with Gasteiger partial charge in [0.15, 0.2) is 0 Å². The Hall–Kier alpha value is -2.29. The summed E-state index contributed by atoms with van der Waals surface area (Å²) in [6.45, 7) is 1.86. The van der Waals surface area contributed by atoms with Crippen molar-refractivity contribution in [2.24, 2.45) is 0 Å². The molecule has 0 radical (unpaired) electrons. The van der Waals surface area contributed by atoms with Gasteiger partial charge in [-0.1, -0.05) is 42.5 Å². The van der Waals surface area contributed by atoms with Gasteiger partial charge in [0, 0.05) is 11.7 Å². The van der Waals surface area contributed by atoms with Gasteiger partial charge in [0.1, 0.15) is 0 Å². The molecule has 1 unspecified atom stereocenters. The first-order valence-corrected chi connectivity index (χ1v) is 6.29. The highest BCUT2D eigenvalue weighted by Crippen LogP contribution is 2.21. The molecule has 0 aromatic heterocycles. The lowest BCUT2D eigenvalue weighted by Crippen LogP contribution is -2.19. The summed E-state index contributed by atoms with van der Waals surface area (Å²) in [4.78, 5) is 10.6. The summed E-state index contributed by atoms with van der Waals surface area (Å²) in [6, 6.07) is 18.1. The molecule has 0 fully saturated rings. The van der Waals surface area contributed by atoms with Crippen LogP contribution in [0.4, 0.5) is 5.69 Å². The monoisotopic (exact) mass is 255 g/mol. The molecule has 1 atom stereocenters. The molecule has 2 aromatic carbocycles. The third kappa shape index (κ3) is 3.85. The topological polar surface area (TPSA) is 49.3 Å². The van der Waals surface area contributed by atoms with Crippen LogP contribution in [0.25, 0.3) is 11.1 Å². The molecular weight excluding hydrogens is 238 g/mol. The van der Waals surface area contributed by atoms with Gasteiger partial charge in [0.05, 0.1) is 6.42 Å². The second-order valence-corrected chi connectivity index (χ2v) is 4.59. The van der Waals surface area contributed by atoms with Crippen molar-refractivity contribution < 1.29 is 9.90 Å². The summed E-state index contributed by atoms with van der Waals surface area (Å²) in [6.07, 6.45) is 0.112. The van der Waals surface area contributed by atoms with E-state index in [-0.39, 0.29) is 12.5 Å². The minimum Gasteiger partial charge on any atom is -0.481 e. The van der Waals surface area contributed by atoms with Crippen molar-refractivity contribution in [1.29, 1.82) is 0 Å². The smallest absolute Gasteiger partial charge is 0.305 e. The summed E-state index contributed by atoms with van der Waals surface area (Å²) in [7, 11) is 0. The maximum Gasteiger partial charge on any atom is 0.305 e. The SMILES string of the molecule is CC(CC(=O)O)Nc1ccc(-c2ccccc2)cc1. The molecule has 2 N–H and O–H groups in total. The number of nitrogens with one attached hydrogen (secondary N) is 1. The lowest BCUT2D eigenvalue weighted by atomic mass is 10.1. The second kappa shape index (κ2) is 6.05. The molecule has 19 heavy (non-hydrogen) atoms. The van der Waals surface area contributed by atoms with Crippen LogP contribution in [-0.2, 0) is 4.79 Å². The lowest BCUT2D eigenvalue weighted by Gasteiger charge is -2.13. The number of carboxylic acid groups (broad SMARTS) is 1. The Balaban J connectivity index is 2.05. The molecule has 0 bridgehead atoms. The van der Waals surface area contributed by atoms with Crippen molar-refractivity contribution in [2.75, 3.05) is 5.32 Å². The van der Waals surface area contributed by atoms with E-state index in [1.54, 1.807) is 0 Å². The van der Waals surface area contributed by atoms with Gasteiger partial charge in [-0.2, -0.15) is 0 Å². The molecule has 0 saturated carbocycles. The number of hydrogen-bond acceptors (Lipinski definition) is 2. The zero-order valence-electron chi connectivity index (χ0n) is 10.8. The van der Waals surface area contributed by atoms with Crippen molar-refractivity contribution in [1.82, 2.24) is 0 Å². The fraction of sp³-hybridized carbons (Fsp3) is 0.188. The summed E-state index contributed by atoms with van der Waals surface area (Å²) in [5, 5.41) is 11.9. The minimum absolute atomic E-state index is 0.0833. The van der Waals surface area contributed by atoms with E-state index in [1.165, 1.54) is 5.56 Å². The van der Waals surface area contributed by atoms with Gasteiger partial charge in [-0.15, -0.1) is 0 Å². The molecule has 0 amide bonds. The molecule has 98 valence electrons. The Bertz CT molecular complexity index is 534. The van der Waals surface area contributed by atoms with E-state index < -0.39 is 5.97 Å². The predicted octanol–water partition coefficient (Wildman–Crippen LogP) is 3.63. The predicted molar refractivity (Wildman–Crippen MR) is 77.2 cm³/mol. The van der Waals surface area contributed by atoms with Crippen LogP contribution in [0.2, 0.25) is 0 Å². The maximum atomic E-state index is 10.6. The Labute approximate surface area is 112 Å². The maximum absolute atomic E-state index is 10.6. The standard InChI is InChI=1S/C16H17NO2/c1-12(11-16(18)19)17-15-9-7-14(8-10-15)13-5-3-2-4-6-13/h2-10,12,17H,11H2,1H3,(H,18,19). The molecule has 0 aliphatic carbocycles. The van der Waals surface area contributed by atoms with E-state index in [4.69, 9.17) is 5.11 Å². The molecule has 0 saturated heterocycles. The number of benzene rings is 2. The van der Waals surface area contributed by atoms with Crippen LogP contribution in [-0.4, -0.2) is 17.1 Å². The van der Waals surface area contributed by atoms with Crippen molar-refractivity contribution in [2.45, 2.75) is 19.4 Å². The number of aliphatic carboxylic acids is 1. The highest BCUT2D eigenvalue weighted by atomic mass is 16.4. The van der Waals surface area contributed by atoms with Gasteiger partial charge in [-0.25, -0.2) is 0 Å². The summed E-state index contributed by atoms with van der Waals surface area (Å²) in [5.74, 6) is -0.791. The molecule has 0 aliphatic rings. The molecule has 2 rings (SSSR count). The number of carbonyl (C=O) groups is 1. The fourth-order valence-electron chi connectivity index (χ4n) is 1.99. The fourth-order valence-corrected chi connectivity index (χ4v) is 1.99. The van der Waals surface area contributed by atoms with Crippen LogP contribution in [0.3, 0.4) is 0 Å². The summed E-state index contributed by atoms with van der Waals surface area (Å²) in [5.41, 5.74) is 3.26. The van der Waals surface area contributed by atoms with E-state index in [9.17, 15) is 4.79 Å². The summed E-state index contributed by atoms with van der Waals surface area (Å²) < 4.78 is 0. The van der Waals surface area contributed by atoms with Crippen LogP contribution in [0, 0.1) is 0 Å². The molecule has 0 aliphatic heterocycles. The normalized spacial score (nSPS) is 11.8. The first kappa shape index (κ1) is 13.1. The molecule has 2 aromatic rings. The van der Waals surface area contributed by atoms with Gasteiger partial charge in [0.25, 0.3) is 0 Å². The second-order valence-electron chi connectivity index (χ2n) is 4.59.